The Hall–Kier alpha value is -0.960. The molecule has 0 spiro atoms. The lowest BCUT2D eigenvalue weighted by molar-refractivity contribution is 0.0331. The number of rotatable bonds is 3. The van der Waals surface area contributed by atoms with Crippen LogP contribution in [0.25, 0.3) is 0 Å². The Bertz CT molecular complexity index is 490. The summed E-state index contributed by atoms with van der Waals surface area (Å²) in [5.74, 6) is 0. The zero-order valence-electron chi connectivity index (χ0n) is 9.66. The number of primary sulfonamides is 1. The predicted octanol–water partition coefficient (Wildman–Crippen LogP) is -1.10. The van der Waals surface area contributed by atoms with Gasteiger partial charge in [0.15, 0.2) is 5.03 Å². The zero-order chi connectivity index (χ0) is 12.5. The number of hydrogen-bond acceptors (Lipinski definition) is 5. The summed E-state index contributed by atoms with van der Waals surface area (Å²) in [5, 5.41) is 8.85. The summed E-state index contributed by atoms with van der Waals surface area (Å²) in [6.45, 7) is 3.76. The maximum atomic E-state index is 11.2. The van der Waals surface area contributed by atoms with Gasteiger partial charge < -0.3 is 4.74 Å². The Kier molecular flexibility index (Phi) is 3.48. The van der Waals surface area contributed by atoms with Gasteiger partial charge in [-0.15, -0.1) is 0 Å². The van der Waals surface area contributed by atoms with Crippen LogP contribution in [0.15, 0.2) is 11.1 Å². The SMILES string of the molecule is Cn1nc(S(N)(=O)=O)cc1CN1CCOCC1. The third-order valence-corrected chi connectivity index (χ3v) is 3.52. The van der Waals surface area contributed by atoms with Crippen LogP contribution in [0.5, 0.6) is 0 Å². The van der Waals surface area contributed by atoms with Crippen LogP contribution in [0.1, 0.15) is 5.69 Å². The van der Waals surface area contributed by atoms with Crippen LogP contribution >= 0.6 is 0 Å². The lowest BCUT2D eigenvalue weighted by atomic mass is 10.3. The van der Waals surface area contributed by atoms with Gasteiger partial charge in [0.1, 0.15) is 0 Å². The van der Waals surface area contributed by atoms with Crippen LogP contribution in [-0.4, -0.2) is 49.4 Å². The molecule has 0 unspecified atom stereocenters. The lowest BCUT2D eigenvalue weighted by Gasteiger charge is -2.26. The van der Waals surface area contributed by atoms with Crippen molar-refractivity contribution in [3.8, 4) is 0 Å². The molecule has 1 fully saturated rings. The van der Waals surface area contributed by atoms with Gasteiger partial charge in [-0.2, -0.15) is 5.10 Å². The van der Waals surface area contributed by atoms with Crippen LogP contribution < -0.4 is 5.14 Å². The van der Waals surface area contributed by atoms with Crippen molar-refractivity contribution in [1.82, 2.24) is 14.7 Å². The van der Waals surface area contributed by atoms with E-state index in [-0.39, 0.29) is 5.03 Å². The van der Waals surface area contributed by atoms with Crippen molar-refractivity contribution in [2.24, 2.45) is 12.2 Å². The first-order chi connectivity index (χ1) is 7.97. The first kappa shape index (κ1) is 12.5. The van der Waals surface area contributed by atoms with Crippen molar-refractivity contribution in [2.45, 2.75) is 11.6 Å². The van der Waals surface area contributed by atoms with Gasteiger partial charge in [-0.3, -0.25) is 9.58 Å². The van der Waals surface area contributed by atoms with Crippen molar-refractivity contribution in [3.63, 3.8) is 0 Å². The van der Waals surface area contributed by atoms with E-state index in [1.165, 1.54) is 6.07 Å². The van der Waals surface area contributed by atoms with E-state index in [4.69, 9.17) is 9.88 Å². The number of aryl methyl sites for hydroxylation is 1. The Morgan fingerprint density at radius 2 is 2.12 bits per heavy atom. The lowest BCUT2D eigenvalue weighted by Crippen LogP contribution is -2.36. The molecule has 2 N–H and O–H groups in total. The van der Waals surface area contributed by atoms with Crippen molar-refractivity contribution in [3.05, 3.63) is 11.8 Å². The molecule has 96 valence electrons. The quantitative estimate of drug-likeness (QED) is 0.745. The number of hydrogen-bond donors (Lipinski definition) is 1. The average molecular weight is 260 g/mol. The van der Waals surface area contributed by atoms with Gasteiger partial charge in [-0.25, -0.2) is 13.6 Å². The highest BCUT2D eigenvalue weighted by molar-refractivity contribution is 7.89. The molecule has 2 heterocycles. The molecule has 1 saturated heterocycles. The second-order valence-electron chi connectivity index (χ2n) is 4.03. The van der Waals surface area contributed by atoms with Crippen LogP contribution in [0.4, 0.5) is 0 Å². The van der Waals surface area contributed by atoms with Crippen molar-refractivity contribution in [1.29, 1.82) is 0 Å². The Morgan fingerprint density at radius 1 is 1.47 bits per heavy atom. The second kappa shape index (κ2) is 4.73. The van der Waals surface area contributed by atoms with Gasteiger partial charge in [0.05, 0.1) is 18.9 Å². The van der Waals surface area contributed by atoms with E-state index in [1.54, 1.807) is 11.7 Å². The van der Waals surface area contributed by atoms with Gasteiger partial charge >= 0.3 is 0 Å². The van der Waals surface area contributed by atoms with Crippen LogP contribution in [0, 0.1) is 0 Å². The molecular weight excluding hydrogens is 244 g/mol. The summed E-state index contributed by atoms with van der Waals surface area (Å²) in [6.07, 6.45) is 0. The molecule has 0 aromatic carbocycles. The normalized spacial score (nSPS) is 18.5. The van der Waals surface area contributed by atoms with E-state index in [1.807, 2.05) is 0 Å². The first-order valence-corrected chi connectivity index (χ1v) is 6.87. The Balaban J connectivity index is 2.13. The minimum atomic E-state index is -3.72. The highest BCUT2D eigenvalue weighted by Gasteiger charge is 2.17. The molecule has 0 aliphatic carbocycles. The summed E-state index contributed by atoms with van der Waals surface area (Å²) in [4.78, 5) is 2.19. The molecule has 0 amide bonds. The first-order valence-electron chi connectivity index (χ1n) is 5.32. The molecule has 1 aliphatic heterocycles. The molecule has 2 rings (SSSR count). The fourth-order valence-corrected chi connectivity index (χ4v) is 2.29. The van der Waals surface area contributed by atoms with Gasteiger partial charge in [0.25, 0.3) is 10.0 Å². The summed E-state index contributed by atoms with van der Waals surface area (Å²) >= 11 is 0. The number of aromatic nitrogens is 2. The number of morpholine rings is 1. The minimum Gasteiger partial charge on any atom is -0.379 e. The number of nitrogens with zero attached hydrogens (tertiary/aromatic N) is 3. The predicted molar refractivity (Wildman–Crippen MR) is 60.7 cm³/mol. The molecule has 17 heavy (non-hydrogen) atoms. The minimum absolute atomic E-state index is 0.0803. The largest absolute Gasteiger partial charge is 0.379 e. The molecular formula is C9H16N4O3S. The fourth-order valence-electron chi connectivity index (χ4n) is 1.75. The highest BCUT2D eigenvalue weighted by Crippen LogP contribution is 2.11. The van der Waals surface area contributed by atoms with Gasteiger partial charge in [-0.1, -0.05) is 0 Å². The summed E-state index contributed by atoms with van der Waals surface area (Å²) in [7, 11) is -2.01. The van der Waals surface area contributed by atoms with Crippen molar-refractivity contribution < 1.29 is 13.2 Å². The third-order valence-electron chi connectivity index (χ3n) is 2.74. The summed E-state index contributed by atoms with van der Waals surface area (Å²) < 4.78 is 29.1. The van der Waals surface area contributed by atoms with Crippen LogP contribution in [0.2, 0.25) is 0 Å². The fraction of sp³-hybridized carbons (Fsp3) is 0.667. The summed E-state index contributed by atoms with van der Waals surface area (Å²) in [6, 6.07) is 1.52. The van der Waals surface area contributed by atoms with E-state index in [0.717, 1.165) is 18.8 Å². The Morgan fingerprint density at radius 3 is 2.65 bits per heavy atom. The number of ether oxygens (including phenoxy) is 1. The van der Waals surface area contributed by atoms with Crippen molar-refractivity contribution in [2.75, 3.05) is 26.3 Å². The Labute approximate surface area is 100 Å². The molecule has 0 atom stereocenters. The average Bonchev–Trinajstić information content (AvgIpc) is 2.62. The molecule has 7 nitrogen and oxygen atoms in total. The van der Waals surface area contributed by atoms with E-state index in [9.17, 15) is 8.42 Å². The van der Waals surface area contributed by atoms with Gasteiger partial charge in [-0.05, 0) is 0 Å². The zero-order valence-corrected chi connectivity index (χ0v) is 10.5. The number of nitrogens with two attached hydrogens (primary N) is 1. The molecule has 1 aromatic rings. The molecule has 0 bridgehead atoms. The topological polar surface area (TPSA) is 90.5 Å². The third kappa shape index (κ3) is 3.03. The van der Waals surface area contributed by atoms with E-state index in [0.29, 0.717) is 19.8 Å². The standard InChI is InChI=1S/C9H16N4O3S/c1-12-8(6-9(11-12)17(10,14)15)7-13-2-4-16-5-3-13/h6H,2-5,7H2,1H3,(H2,10,14,15). The van der Waals surface area contributed by atoms with E-state index < -0.39 is 10.0 Å². The van der Waals surface area contributed by atoms with Gasteiger partial charge in [0, 0.05) is 32.7 Å². The summed E-state index contributed by atoms with van der Waals surface area (Å²) in [5.41, 5.74) is 0.830. The molecule has 1 aliphatic rings. The maximum absolute atomic E-state index is 11.2. The molecule has 0 saturated carbocycles. The molecule has 0 radical (unpaired) electrons. The second-order valence-corrected chi connectivity index (χ2v) is 5.54. The molecule has 1 aromatic heterocycles. The maximum Gasteiger partial charge on any atom is 0.257 e. The van der Waals surface area contributed by atoms with Crippen LogP contribution in [0.3, 0.4) is 0 Å². The monoisotopic (exact) mass is 260 g/mol. The van der Waals surface area contributed by atoms with E-state index >= 15 is 0 Å². The highest BCUT2D eigenvalue weighted by atomic mass is 32.2. The smallest absolute Gasteiger partial charge is 0.257 e. The van der Waals surface area contributed by atoms with Gasteiger partial charge in [0.2, 0.25) is 0 Å². The molecule has 8 heteroatoms. The van der Waals surface area contributed by atoms with Crippen LogP contribution in [-0.2, 0) is 28.4 Å². The van der Waals surface area contributed by atoms with Crippen molar-refractivity contribution >= 4 is 10.0 Å². The van der Waals surface area contributed by atoms with E-state index in [2.05, 4.69) is 10.00 Å². The number of sulfonamides is 1.